The zero-order valence-electron chi connectivity index (χ0n) is 11.4. The number of amides is 1. The fraction of sp³-hybridized carbons (Fsp3) is 0.533. The van der Waals surface area contributed by atoms with Crippen LogP contribution < -0.4 is 10.6 Å². The summed E-state index contributed by atoms with van der Waals surface area (Å²) in [6.07, 6.45) is 1.81. The normalized spacial score (nSPS) is 22.7. The van der Waals surface area contributed by atoms with Gasteiger partial charge in [-0.05, 0) is 38.4 Å². The topological polar surface area (TPSA) is 44.4 Å². The highest BCUT2D eigenvalue weighted by Gasteiger charge is 2.48. The van der Waals surface area contributed by atoms with Crippen molar-refractivity contribution >= 4 is 5.91 Å². The second-order valence-electron chi connectivity index (χ2n) is 5.63. The maximum absolute atomic E-state index is 12.2. The molecular formula is C15H21N3O. The molecule has 1 spiro atoms. The van der Waals surface area contributed by atoms with Gasteiger partial charge in [0.15, 0.2) is 0 Å². The Morgan fingerprint density at radius 1 is 1.21 bits per heavy atom. The molecule has 0 aliphatic carbocycles. The van der Waals surface area contributed by atoms with E-state index in [1.54, 1.807) is 0 Å². The first-order valence-corrected chi connectivity index (χ1v) is 7.00. The SMILES string of the molecule is Cc1ccc(CN2CNC(=O)C23CCNCC3)cc1. The van der Waals surface area contributed by atoms with Crippen molar-refractivity contribution in [2.45, 2.75) is 31.8 Å². The predicted octanol–water partition coefficient (Wildman–Crippen LogP) is 1.01. The second-order valence-corrected chi connectivity index (χ2v) is 5.63. The number of piperidine rings is 1. The summed E-state index contributed by atoms with van der Waals surface area (Å²) in [6, 6.07) is 8.59. The van der Waals surface area contributed by atoms with Crippen molar-refractivity contribution in [3.8, 4) is 0 Å². The molecular weight excluding hydrogens is 238 g/mol. The molecule has 0 atom stereocenters. The highest BCUT2D eigenvalue weighted by molar-refractivity contribution is 5.88. The van der Waals surface area contributed by atoms with E-state index < -0.39 is 0 Å². The van der Waals surface area contributed by atoms with Crippen molar-refractivity contribution in [1.29, 1.82) is 0 Å². The highest BCUT2D eigenvalue weighted by atomic mass is 16.2. The monoisotopic (exact) mass is 259 g/mol. The number of nitrogens with zero attached hydrogens (tertiary/aromatic N) is 1. The van der Waals surface area contributed by atoms with Crippen molar-refractivity contribution < 1.29 is 4.79 Å². The van der Waals surface area contributed by atoms with E-state index in [-0.39, 0.29) is 11.4 Å². The molecule has 1 aromatic carbocycles. The van der Waals surface area contributed by atoms with E-state index >= 15 is 0 Å². The molecule has 2 aliphatic rings. The van der Waals surface area contributed by atoms with Crippen LogP contribution in [-0.2, 0) is 11.3 Å². The van der Waals surface area contributed by atoms with E-state index in [9.17, 15) is 4.79 Å². The molecule has 0 radical (unpaired) electrons. The maximum Gasteiger partial charge on any atom is 0.241 e. The zero-order chi connectivity index (χ0) is 13.3. The Bertz CT molecular complexity index is 463. The van der Waals surface area contributed by atoms with E-state index in [1.165, 1.54) is 11.1 Å². The third-order valence-electron chi connectivity index (χ3n) is 4.38. The van der Waals surface area contributed by atoms with Crippen LogP contribution in [0.2, 0.25) is 0 Å². The van der Waals surface area contributed by atoms with Gasteiger partial charge in [-0.2, -0.15) is 0 Å². The standard InChI is InChI=1S/C15H21N3O/c1-12-2-4-13(5-3-12)10-18-11-17-14(19)15(18)6-8-16-9-7-15/h2-5,16H,6-11H2,1H3,(H,17,19). The minimum atomic E-state index is -0.282. The molecule has 0 saturated carbocycles. The highest BCUT2D eigenvalue weighted by Crippen LogP contribution is 2.31. The average Bonchev–Trinajstić information content (AvgIpc) is 2.72. The van der Waals surface area contributed by atoms with Crippen LogP contribution in [0.25, 0.3) is 0 Å². The molecule has 3 rings (SSSR count). The number of rotatable bonds is 2. The van der Waals surface area contributed by atoms with E-state index in [1.807, 2.05) is 0 Å². The van der Waals surface area contributed by atoms with Gasteiger partial charge in [0, 0.05) is 6.54 Å². The molecule has 102 valence electrons. The minimum Gasteiger partial charge on any atom is -0.342 e. The van der Waals surface area contributed by atoms with Gasteiger partial charge in [-0.3, -0.25) is 9.69 Å². The summed E-state index contributed by atoms with van der Waals surface area (Å²) >= 11 is 0. The molecule has 1 amide bonds. The number of hydrogen-bond donors (Lipinski definition) is 2. The zero-order valence-corrected chi connectivity index (χ0v) is 11.4. The number of nitrogens with one attached hydrogen (secondary N) is 2. The number of carbonyl (C=O) groups is 1. The van der Waals surface area contributed by atoms with E-state index in [4.69, 9.17) is 0 Å². The molecule has 0 aromatic heterocycles. The molecule has 2 aliphatic heterocycles. The number of aryl methyl sites for hydroxylation is 1. The molecule has 0 unspecified atom stereocenters. The Balaban J connectivity index is 1.79. The molecule has 4 heteroatoms. The van der Waals surface area contributed by atoms with Crippen LogP contribution in [0, 0.1) is 6.92 Å². The smallest absolute Gasteiger partial charge is 0.241 e. The third-order valence-corrected chi connectivity index (χ3v) is 4.38. The van der Waals surface area contributed by atoms with Crippen LogP contribution >= 0.6 is 0 Å². The fourth-order valence-electron chi connectivity index (χ4n) is 3.13. The van der Waals surface area contributed by atoms with Gasteiger partial charge >= 0.3 is 0 Å². The summed E-state index contributed by atoms with van der Waals surface area (Å²) in [7, 11) is 0. The molecule has 0 bridgehead atoms. The van der Waals surface area contributed by atoms with Gasteiger partial charge in [-0.25, -0.2) is 0 Å². The van der Waals surface area contributed by atoms with Crippen LogP contribution in [-0.4, -0.2) is 36.1 Å². The number of benzene rings is 1. The summed E-state index contributed by atoms with van der Waals surface area (Å²) in [5.74, 6) is 0.209. The Morgan fingerprint density at radius 3 is 2.58 bits per heavy atom. The Kier molecular flexibility index (Phi) is 3.29. The van der Waals surface area contributed by atoms with E-state index in [2.05, 4.69) is 46.7 Å². The number of carbonyl (C=O) groups excluding carboxylic acids is 1. The van der Waals surface area contributed by atoms with Crippen molar-refractivity contribution in [2.75, 3.05) is 19.8 Å². The lowest BCUT2D eigenvalue weighted by molar-refractivity contribution is -0.128. The second kappa shape index (κ2) is 4.94. The van der Waals surface area contributed by atoms with Crippen LogP contribution in [0.15, 0.2) is 24.3 Å². The molecule has 2 fully saturated rings. The van der Waals surface area contributed by atoms with Gasteiger partial charge in [0.05, 0.1) is 6.67 Å². The third kappa shape index (κ3) is 2.26. The van der Waals surface area contributed by atoms with Crippen molar-refractivity contribution in [1.82, 2.24) is 15.5 Å². The average molecular weight is 259 g/mol. The van der Waals surface area contributed by atoms with Gasteiger partial charge in [-0.1, -0.05) is 29.8 Å². The lowest BCUT2D eigenvalue weighted by Gasteiger charge is -2.38. The summed E-state index contributed by atoms with van der Waals surface area (Å²) < 4.78 is 0. The minimum absolute atomic E-state index is 0.209. The van der Waals surface area contributed by atoms with Crippen LogP contribution in [0.4, 0.5) is 0 Å². The lowest BCUT2D eigenvalue weighted by Crippen LogP contribution is -2.54. The Hall–Kier alpha value is -1.39. The van der Waals surface area contributed by atoms with Gasteiger partial charge in [-0.15, -0.1) is 0 Å². The first kappa shape index (κ1) is 12.6. The van der Waals surface area contributed by atoms with Gasteiger partial charge in [0.2, 0.25) is 5.91 Å². The maximum atomic E-state index is 12.2. The molecule has 2 saturated heterocycles. The summed E-state index contributed by atoms with van der Waals surface area (Å²) in [4.78, 5) is 14.5. The lowest BCUT2D eigenvalue weighted by atomic mass is 9.86. The summed E-state index contributed by atoms with van der Waals surface area (Å²) in [5.41, 5.74) is 2.27. The quantitative estimate of drug-likeness (QED) is 0.833. The first-order chi connectivity index (χ1) is 9.21. The molecule has 4 nitrogen and oxygen atoms in total. The molecule has 1 aromatic rings. The summed E-state index contributed by atoms with van der Waals surface area (Å²) in [5, 5.41) is 6.36. The molecule has 19 heavy (non-hydrogen) atoms. The fourth-order valence-corrected chi connectivity index (χ4v) is 3.13. The van der Waals surface area contributed by atoms with Crippen molar-refractivity contribution in [3.63, 3.8) is 0 Å². The van der Waals surface area contributed by atoms with Crippen LogP contribution in [0.1, 0.15) is 24.0 Å². The van der Waals surface area contributed by atoms with Crippen LogP contribution in [0.5, 0.6) is 0 Å². The van der Waals surface area contributed by atoms with Crippen molar-refractivity contribution in [3.05, 3.63) is 35.4 Å². The predicted molar refractivity (Wildman–Crippen MR) is 74.6 cm³/mol. The van der Waals surface area contributed by atoms with Crippen molar-refractivity contribution in [2.24, 2.45) is 0 Å². The Labute approximate surface area is 114 Å². The number of hydrogen-bond acceptors (Lipinski definition) is 3. The Morgan fingerprint density at radius 2 is 1.89 bits per heavy atom. The van der Waals surface area contributed by atoms with Gasteiger partial charge in [0.25, 0.3) is 0 Å². The van der Waals surface area contributed by atoms with Crippen LogP contribution in [0.3, 0.4) is 0 Å². The summed E-state index contributed by atoms with van der Waals surface area (Å²) in [6.45, 7) is 5.47. The molecule has 2 N–H and O–H groups in total. The largest absolute Gasteiger partial charge is 0.342 e. The van der Waals surface area contributed by atoms with E-state index in [0.29, 0.717) is 6.67 Å². The first-order valence-electron chi connectivity index (χ1n) is 7.00. The van der Waals surface area contributed by atoms with Gasteiger partial charge < -0.3 is 10.6 Å². The molecule has 2 heterocycles. The van der Waals surface area contributed by atoms with Gasteiger partial charge in [0.1, 0.15) is 5.54 Å². The van der Waals surface area contributed by atoms with E-state index in [0.717, 1.165) is 32.5 Å².